The molecular formula is C10H16N2O. The zero-order valence-electron chi connectivity index (χ0n) is 8.20. The van der Waals surface area contributed by atoms with Crippen molar-refractivity contribution in [3.8, 4) is 0 Å². The van der Waals surface area contributed by atoms with Crippen LogP contribution in [0.15, 0.2) is 6.07 Å². The summed E-state index contributed by atoms with van der Waals surface area (Å²) in [5.41, 5.74) is 2.22. The van der Waals surface area contributed by atoms with E-state index in [0.717, 1.165) is 25.0 Å². The molecule has 1 N–H and O–H groups in total. The van der Waals surface area contributed by atoms with E-state index < -0.39 is 0 Å². The molecular weight excluding hydrogens is 164 g/mol. The van der Waals surface area contributed by atoms with Gasteiger partial charge in [0.2, 0.25) is 0 Å². The monoisotopic (exact) mass is 180 g/mol. The molecule has 2 unspecified atom stereocenters. The van der Waals surface area contributed by atoms with Crippen LogP contribution < -0.4 is 0 Å². The van der Waals surface area contributed by atoms with Crippen LogP contribution in [0.3, 0.4) is 0 Å². The number of hydrogen-bond donors (Lipinski definition) is 1. The van der Waals surface area contributed by atoms with Gasteiger partial charge in [0.05, 0.1) is 11.8 Å². The summed E-state index contributed by atoms with van der Waals surface area (Å²) >= 11 is 0. The molecule has 1 aliphatic carbocycles. The highest BCUT2D eigenvalue weighted by atomic mass is 16.3. The highest BCUT2D eigenvalue weighted by molar-refractivity contribution is 5.16. The normalized spacial score (nSPS) is 28.2. The van der Waals surface area contributed by atoms with Crippen LogP contribution in [0.2, 0.25) is 0 Å². The van der Waals surface area contributed by atoms with Crippen LogP contribution in [0, 0.1) is 6.92 Å². The Bertz CT molecular complexity index is 306. The van der Waals surface area contributed by atoms with Gasteiger partial charge < -0.3 is 5.11 Å². The summed E-state index contributed by atoms with van der Waals surface area (Å²) in [5, 5.41) is 14.0. The molecule has 0 aromatic carbocycles. The lowest BCUT2D eigenvalue weighted by Crippen LogP contribution is -2.14. The molecule has 1 aromatic rings. The lowest BCUT2D eigenvalue weighted by Gasteiger charge is -2.13. The first-order valence-electron chi connectivity index (χ1n) is 4.87. The minimum atomic E-state index is -0.158. The van der Waals surface area contributed by atoms with Crippen molar-refractivity contribution in [3.05, 3.63) is 17.5 Å². The average molecular weight is 180 g/mol. The number of aliphatic hydroxyl groups excluding tert-OH is 1. The van der Waals surface area contributed by atoms with Crippen molar-refractivity contribution < 1.29 is 5.11 Å². The second-order valence-electron chi connectivity index (χ2n) is 3.94. The van der Waals surface area contributed by atoms with Crippen molar-refractivity contribution in [1.29, 1.82) is 0 Å². The lowest BCUT2D eigenvalue weighted by atomic mass is 10.0. The number of rotatable bonds is 1. The Morgan fingerprint density at radius 1 is 1.54 bits per heavy atom. The number of aromatic nitrogens is 2. The summed E-state index contributed by atoms with van der Waals surface area (Å²) in [6.45, 7) is 1.99. The first-order valence-corrected chi connectivity index (χ1v) is 4.87. The Morgan fingerprint density at radius 2 is 2.31 bits per heavy atom. The van der Waals surface area contributed by atoms with Gasteiger partial charge in [-0.3, -0.25) is 4.68 Å². The van der Waals surface area contributed by atoms with E-state index in [4.69, 9.17) is 0 Å². The molecule has 1 heterocycles. The first kappa shape index (κ1) is 8.75. The van der Waals surface area contributed by atoms with Crippen molar-refractivity contribution >= 4 is 0 Å². The smallest absolute Gasteiger partial charge is 0.0623 e. The third kappa shape index (κ3) is 1.48. The quantitative estimate of drug-likeness (QED) is 0.708. The molecule has 13 heavy (non-hydrogen) atoms. The highest BCUT2D eigenvalue weighted by Crippen LogP contribution is 2.34. The molecule has 1 saturated carbocycles. The largest absolute Gasteiger partial charge is 0.392 e. The zero-order valence-corrected chi connectivity index (χ0v) is 8.20. The van der Waals surface area contributed by atoms with Gasteiger partial charge in [0.25, 0.3) is 0 Å². The minimum Gasteiger partial charge on any atom is -0.392 e. The number of aryl methyl sites for hydroxylation is 2. The Morgan fingerprint density at radius 3 is 2.77 bits per heavy atom. The van der Waals surface area contributed by atoms with Crippen LogP contribution in [0.1, 0.15) is 36.6 Å². The lowest BCUT2D eigenvalue weighted by molar-refractivity contribution is 0.160. The summed E-state index contributed by atoms with van der Waals surface area (Å²) in [4.78, 5) is 0. The predicted molar refractivity (Wildman–Crippen MR) is 50.5 cm³/mol. The number of hydrogen-bond acceptors (Lipinski definition) is 2. The predicted octanol–water partition coefficient (Wildman–Crippen LogP) is 1.36. The highest BCUT2D eigenvalue weighted by Gasteiger charge is 2.28. The van der Waals surface area contributed by atoms with Gasteiger partial charge in [-0.05, 0) is 25.8 Å². The second-order valence-corrected chi connectivity index (χ2v) is 3.94. The summed E-state index contributed by atoms with van der Waals surface area (Å²) in [5.74, 6) is 0.311. The molecule has 0 spiro atoms. The maximum Gasteiger partial charge on any atom is 0.0623 e. The van der Waals surface area contributed by atoms with Gasteiger partial charge in [-0.15, -0.1) is 0 Å². The van der Waals surface area contributed by atoms with Crippen molar-refractivity contribution in [2.75, 3.05) is 0 Å². The van der Waals surface area contributed by atoms with Gasteiger partial charge in [-0.1, -0.05) is 6.42 Å². The molecule has 1 fully saturated rings. The SMILES string of the molecule is Cc1cc(C2CCCC2O)n(C)n1. The molecule has 3 nitrogen and oxygen atoms in total. The van der Waals surface area contributed by atoms with E-state index in [1.807, 2.05) is 18.7 Å². The van der Waals surface area contributed by atoms with Crippen LogP contribution in [-0.4, -0.2) is 21.0 Å². The van der Waals surface area contributed by atoms with Gasteiger partial charge in [-0.25, -0.2) is 0 Å². The fourth-order valence-corrected chi connectivity index (χ4v) is 2.26. The molecule has 1 aliphatic rings. The maximum atomic E-state index is 9.73. The fraction of sp³-hybridized carbons (Fsp3) is 0.700. The Hall–Kier alpha value is -0.830. The summed E-state index contributed by atoms with van der Waals surface area (Å²) in [6.07, 6.45) is 3.01. The molecule has 0 aliphatic heterocycles. The van der Waals surface area contributed by atoms with Crippen molar-refractivity contribution in [2.45, 2.75) is 38.2 Å². The zero-order chi connectivity index (χ0) is 9.42. The van der Waals surface area contributed by atoms with Crippen molar-refractivity contribution in [3.63, 3.8) is 0 Å². The summed E-state index contributed by atoms with van der Waals surface area (Å²) in [7, 11) is 1.95. The van der Waals surface area contributed by atoms with E-state index >= 15 is 0 Å². The Balaban J connectivity index is 2.28. The Labute approximate surface area is 78.4 Å². The van der Waals surface area contributed by atoms with E-state index in [2.05, 4.69) is 11.2 Å². The molecule has 0 bridgehead atoms. The topological polar surface area (TPSA) is 38.0 Å². The standard InChI is InChI=1S/C10H16N2O/c1-7-6-9(12(2)11-7)8-4-3-5-10(8)13/h6,8,10,13H,3-5H2,1-2H3. The van der Waals surface area contributed by atoms with Crippen LogP contribution in [0.4, 0.5) is 0 Å². The van der Waals surface area contributed by atoms with E-state index in [0.29, 0.717) is 5.92 Å². The minimum absolute atomic E-state index is 0.158. The molecule has 1 aromatic heterocycles. The van der Waals surface area contributed by atoms with E-state index in [9.17, 15) is 5.11 Å². The molecule has 0 saturated heterocycles. The molecule has 0 amide bonds. The summed E-state index contributed by atoms with van der Waals surface area (Å²) < 4.78 is 1.90. The van der Waals surface area contributed by atoms with Gasteiger partial charge >= 0.3 is 0 Å². The number of nitrogens with zero attached hydrogens (tertiary/aromatic N) is 2. The van der Waals surface area contributed by atoms with E-state index in [1.54, 1.807) is 0 Å². The van der Waals surface area contributed by atoms with Gasteiger partial charge in [-0.2, -0.15) is 5.10 Å². The Kier molecular flexibility index (Phi) is 2.12. The molecule has 72 valence electrons. The van der Waals surface area contributed by atoms with Crippen LogP contribution in [-0.2, 0) is 7.05 Å². The molecule has 0 radical (unpaired) electrons. The van der Waals surface area contributed by atoms with Crippen molar-refractivity contribution in [1.82, 2.24) is 9.78 Å². The van der Waals surface area contributed by atoms with Gasteiger partial charge in [0.1, 0.15) is 0 Å². The van der Waals surface area contributed by atoms with Gasteiger partial charge in [0.15, 0.2) is 0 Å². The molecule has 3 heteroatoms. The second kappa shape index (κ2) is 3.14. The maximum absolute atomic E-state index is 9.73. The molecule has 2 rings (SSSR count). The summed E-state index contributed by atoms with van der Waals surface area (Å²) in [6, 6.07) is 2.08. The number of aliphatic hydroxyl groups is 1. The van der Waals surface area contributed by atoms with E-state index in [-0.39, 0.29) is 6.10 Å². The van der Waals surface area contributed by atoms with Crippen LogP contribution >= 0.6 is 0 Å². The van der Waals surface area contributed by atoms with Crippen LogP contribution in [0.5, 0.6) is 0 Å². The third-order valence-corrected chi connectivity index (χ3v) is 2.90. The third-order valence-electron chi connectivity index (χ3n) is 2.90. The average Bonchev–Trinajstić information content (AvgIpc) is 2.58. The van der Waals surface area contributed by atoms with Gasteiger partial charge in [0, 0.05) is 18.7 Å². The van der Waals surface area contributed by atoms with Crippen LogP contribution in [0.25, 0.3) is 0 Å². The van der Waals surface area contributed by atoms with Crippen molar-refractivity contribution in [2.24, 2.45) is 7.05 Å². The first-order chi connectivity index (χ1) is 6.18. The fourth-order valence-electron chi connectivity index (χ4n) is 2.26. The molecule has 2 atom stereocenters. The van der Waals surface area contributed by atoms with E-state index in [1.165, 1.54) is 5.69 Å².